The molecule has 0 amide bonds. The zero-order chi connectivity index (χ0) is 19.6. The van der Waals surface area contributed by atoms with Crippen LogP contribution >= 0.6 is 0 Å². The highest BCUT2D eigenvalue weighted by Gasteiger charge is 2.09. The second-order valence-corrected chi connectivity index (χ2v) is 7.01. The maximum absolute atomic E-state index is 6.06. The molecule has 0 saturated heterocycles. The van der Waals surface area contributed by atoms with Gasteiger partial charge in [0, 0.05) is 0 Å². The molecule has 0 aliphatic carbocycles. The van der Waals surface area contributed by atoms with E-state index in [1.807, 2.05) is 12.1 Å². The van der Waals surface area contributed by atoms with E-state index in [0.717, 1.165) is 49.4 Å². The van der Waals surface area contributed by atoms with Gasteiger partial charge >= 0.3 is 0 Å². The summed E-state index contributed by atoms with van der Waals surface area (Å²) >= 11 is 0. The molecule has 146 valence electrons. The molecule has 0 atom stereocenters. The van der Waals surface area contributed by atoms with E-state index in [9.17, 15) is 0 Å². The van der Waals surface area contributed by atoms with Gasteiger partial charge in [-0.15, -0.1) is 0 Å². The Kier molecular flexibility index (Phi) is 7.54. The van der Waals surface area contributed by atoms with Crippen LogP contribution < -0.4 is 9.47 Å². The molecule has 3 rings (SSSR count). The Balaban J connectivity index is 1.87. The summed E-state index contributed by atoms with van der Waals surface area (Å²) in [6.07, 6.45) is 4.33. The topological polar surface area (TPSA) is 18.5 Å². The minimum atomic E-state index is 0.716. The molecule has 0 bridgehead atoms. The van der Waals surface area contributed by atoms with E-state index < -0.39 is 0 Å². The van der Waals surface area contributed by atoms with Crippen LogP contribution in [-0.2, 0) is 0 Å². The smallest absolute Gasteiger partial charge is 0.161 e. The summed E-state index contributed by atoms with van der Waals surface area (Å²) < 4.78 is 12.0. The quantitative estimate of drug-likeness (QED) is 0.345. The molecular formula is C26H30O2. The third-order valence-corrected chi connectivity index (χ3v) is 4.76. The molecule has 2 heteroatoms. The van der Waals surface area contributed by atoms with Crippen molar-refractivity contribution in [1.29, 1.82) is 0 Å². The first-order valence-corrected chi connectivity index (χ1v) is 10.4. The summed E-state index contributed by atoms with van der Waals surface area (Å²) in [6.45, 7) is 5.79. The van der Waals surface area contributed by atoms with E-state index in [0.29, 0.717) is 6.61 Å². The van der Waals surface area contributed by atoms with E-state index >= 15 is 0 Å². The Morgan fingerprint density at radius 1 is 0.536 bits per heavy atom. The van der Waals surface area contributed by atoms with Gasteiger partial charge in [-0.1, -0.05) is 81.3 Å². The molecule has 0 fully saturated rings. The minimum Gasteiger partial charge on any atom is -0.490 e. The lowest BCUT2D eigenvalue weighted by molar-refractivity contribution is 0.262. The zero-order valence-electron chi connectivity index (χ0n) is 17.0. The van der Waals surface area contributed by atoms with Gasteiger partial charge in [-0.3, -0.25) is 0 Å². The SMILES string of the molecule is CCCCOc1ccc(-c2cccc(-c3ccccc3)c2)cc1OCCCC. The van der Waals surface area contributed by atoms with Gasteiger partial charge in [-0.05, 0) is 53.3 Å². The molecule has 0 aliphatic heterocycles. The molecule has 28 heavy (non-hydrogen) atoms. The molecular weight excluding hydrogens is 344 g/mol. The minimum absolute atomic E-state index is 0.716. The molecule has 0 aliphatic rings. The van der Waals surface area contributed by atoms with Gasteiger partial charge in [0.25, 0.3) is 0 Å². The first-order chi connectivity index (χ1) is 13.8. The van der Waals surface area contributed by atoms with Gasteiger partial charge in [-0.25, -0.2) is 0 Å². The van der Waals surface area contributed by atoms with E-state index in [-0.39, 0.29) is 0 Å². The Morgan fingerprint density at radius 2 is 1.11 bits per heavy atom. The van der Waals surface area contributed by atoms with E-state index in [1.165, 1.54) is 16.7 Å². The summed E-state index contributed by atoms with van der Waals surface area (Å²) in [4.78, 5) is 0. The fourth-order valence-electron chi connectivity index (χ4n) is 3.08. The second-order valence-electron chi connectivity index (χ2n) is 7.01. The van der Waals surface area contributed by atoms with E-state index in [2.05, 4.69) is 74.5 Å². The number of hydrogen-bond donors (Lipinski definition) is 0. The average Bonchev–Trinajstić information content (AvgIpc) is 2.75. The van der Waals surface area contributed by atoms with Crippen molar-refractivity contribution in [3.63, 3.8) is 0 Å². The Labute approximate surface area is 169 Å². The Bertz CT molecular complexity index is 855. The molecule has 2 nitrogen and oxygen atoms in total. The van der Waals surface area contributed by atoms with Crippen LogP contribution in [0.3, 0.4) is 0 Å². The second kappa shape index (κ2) is 10.6. The summed E-state index contributed by atoms with van der Waals surface area (Å²) in [7, 11) is 0. The van der Waals surface area contributed by atoms with Crippen molar-refractivity contribution in [2.24, 2.45) is 0 Å². The van der Waals surface area contributed by atoms with E-state index in [1.54, 1.807) is 0 Å². The summed E-state index contributed by atoms with van der Waals surface area (Å²) in [5.41, 5.74) is 4.77. The average molecular weight is 375 g/mol. The van der Waals surface area contributed by atoms with E-state index in [4.69, 9.17) is 9.47 Å². The summed E-state index contributed by atoms with van der Waals surface area (Å²) in [5.74, 6) is 1.68. The van der Waals surface area contributed by atoms with Gasteiger partial charge in [0.15, 0.2) is 11.5 Å². The molecule has 0 heterocycles. The maximum atomic E-state index is 6.06. The Morgan fingerprint density at radius 3 is 1.79 bits per heavy atom. The number of benzene rings is 3. The number of rotatable bonds is 10. The van der Waals surface area contributed by atoms with Crippen LogP contribution in [0.2, 0.25) is 0 Å². The fraction of sp³-hybridized carbons (Fsp3) is 0.308. The van der Waals surface area contributed by atoms with Crippen LogP contribution in [0.1, 0.15) is 39.5 Å². The van der Waals surface area contributed by atoms with Crippen molar-refractivity contribution in [2.75, 3.05) is 13.2 Å². The molecule has 0 saturated carbocycles. The van der Waals surface area contributed by atoms with Gasteiger partial charge in [0.2, 0.25) is 0 Å². The third-order valence-electron chi connectivity index (χ3n) is 4.76. The van der Waals surface area contributed by atoms with Crippen LogP contribution in [0.15, 0.2) is 72.8 Å². The summed E-state index contributed by atoms with van der Waals surface area (Å²) in [5, 5.41) is 0. The van der Waals surface area contributed by atoms with Crippen molar-refractivity contribution < 1.29 is 9.47 Å². The lowest BCUT2D eigenvalue weighted by atomic mass is 9.99. The fourth-order valence-corrected chi connectivity index (χ4v) is 3.08. The maximum Gasteiger partial charge on any atom is 0.161 e. The molecule has 0 aromatic heterocycles. The molecule has 0 spiro atoms. The van der Waals surface area contributed by atoms with Crippen molar-refractivity contribution in [2.45, 2.75) is 39.5 Å². The normalized spacial score (nSPS) is 10.6. The van der Waals surface area contributed by atoms with Crippen molar-refractivity contribution >= 4 is 0 Å². The van der Waals surface area contributed by atoms with Crippen LogP contribution in [0.25, 0.3) is 22.3 Å². The lowest BCUT2D eigenvalue weighted by Crippen LogP contribution is -2.02. The predicted molar refractivity (Wildman–Crippen MR) is 118 cm³/mol. The molecule has 0 unspecified atom stereocenters. The first-order valence-electron chi connectivity index (χ1n) is 10.4. The third kappa shape index (κ3) is 5.39. The van der Waals surface area contributed by atoms with Gasteiger partial charge in [0.1, 0.15) is 0 Å². The number of hydrogen-bond acceptors (Lipinski definition) is 2. The molecule has 3 aromatic rings. The van der Waals surface area contributed by atoms with Gasteiger partial charge in [0.05, 0.1) is 13.2 Å². The first kappa shape index (κ1) is 20.0. The van der Waals surface area contributed by atoms with Crippen LogP contribution in [-0.4, -0.2) is 13.2 Å². The molecule has 0 radical (unpaired) electrons. The monoisotopic (exact) mass is 374 g/mol. The standard InChI is InChI=1S/C26H30O2/c1-3-5-17-27-25-16-15-24(20-26(25)28-18-6-4-2)23-14-10-13-22(19-23)21-11-8-7-9-12-21/h7-16,19-20H,3-6,17-18H2,1-2H3. The summed E-state index contributed by atoms with van der Waals surface area (Å²) in [6, 6.07) is 25.4. The highest BCUT2D eigenvalue weighted by atomic mass is 16.5. The zero-order valence-corrected chi connectivity index (χ0v) is 17.0. The number of ether oxygens (including phenoxy) is 2. The van der Waals surface area contributed by atoms with Gasteiger partial charge in [-0.2, -0.15) is 0 Å². The van der Waals surface area contributed by atoms with Crippen molar-refractivity contribution in [3.05, 3.63) is 72.8 Å². The van der Waals surface area contributed by atoms with Crippen LogP contribution in [0.4, 0.5) is 0 Å². The van der Waals surface area contributed by atoms with Crippen LogP contribution in [0, 0.1) is 0 Å². The highest BCUT2D eigenvalue weighted by Crippen LogP contribution is 2.34. The lowest BCUT2D eigenvalue weighted by Gasteiger charge is -2.15. The Hall–Kier alpha value is -2.74. The van der Waals surface area contributed by atoms with Gasteiger partial charge < -0.3 is 9.47 Å². The largest absolute Gasteiger partial charge is 0.490 e. The molecule has 3 aromatic carbocycles. The van der Waals surface area contributed by atoms with Crippen molar-refractivity contribution in [1.82, 2.24) is 0 Å². The highest BCUT2D eigenvalue weighted by molar-refractivity contribution is 5.74. The molecule has 0 N–H and O–H groups in total. The van der Waals surface area contributed by atoms with Crippen LogP contribution in [0.5, 0.6) is 11.5 Å². The predicted octanol–water partition coefficient (Wildman–Crippen LogP) is 7.38. The number of unbranched alkanes of at least 4 members (excludes halogenated alkanes) is 2. The van der Waals surface area contributed by atoms with Crippen molar-refractivity contribution in [3.8, 4) is 33.8 Å².